The largest absolute Gasteiger partial charge is 0.467 e. The van der Waals surface area contributed by atoms with Crippen molar-refractivity contribution in [2.45, 2.75) is 18.4 Å². The molecule has 1 N–H and O–H groups in total. The maximum absolute atomic E-state index is 13.2. The molecule has 142 valence electrons. The van der Waals surface area contributed by atoms with Crippen LogP contribution in [0.25, 0.3) is 0 Å². The minimum atomic E-state index is -0.755. The van der Waals surface area contributed by atoms with E-state index in [2.05, 4.69) is 5.32 Å². The second kappa shape index (κ2) is 9.51. The van der Waals surface area contributed by atoms with Gasteiger partial charge in [0.25, 0.3) is 0 Å². The molecule has 0 unspecified atom stereocenters. The van der Waals surface area contributed by atoms with E-state index < -0.39 is 17.9 Å². The number of nitrogens with one attached hydrogen (secondary N) is 1. The summed E-state index contributed by atoms with van der Waals surface area (Å²) in [4.78, 5) is 25.6. The van der Waals surface area contributed by atoms with Gasteiger partial charge in [0.2, 0.25) is 5.91 Å². The van der Waals surface area contributed by atoms with E-state index in [1.165, 1.54) is 7.11 Å². The number of carbonyl (C=O) groups is 2. The zero-order valence-electron chi connectivity index (χ0n) is 15.7. The molecule has 0 aliphatic carbocycles. The Morgan fingerprint density at radius 3 is 1.71 bits per heavy atom. The van der Waals surface area contributed by atoms with Gasteiger partial charge >= 0.3 is 5.97 Å². The summed E-state index contributed by atoms with van der Waals surface area (Å²) in [5, 5.41) is 2.90. The van der Waals surface area contributed by atoms with Gasteiger partial charge in [0, 0.05) is 6.42 Å². The molecular weight excluding hydrogens is 350 g/mol. The monoisotopic (exact) mass is 373 g/mol. The summed E-state index contributed by atoms with van der Waals surface area (Å²) in [7, 11) is 1.33. The summed E-state index contributed by atoms with van der Waals surface area (Å²) in [6.45, 7) is 0. The third-order valence-electron chi connectivity index (χ3n) is 4.61. The molecule has 0 fully saturated rings. The predicted molar refractivity (Wildman–Crippen MR) is 109 cm³/mol. The van der Waals surface area contributed by atoms with Crippen LogP contribution in [0.15, 0.2) is 91.0 Å². The Morgan fingerprint density at radius 1 is 0.786 bits per heavy atom. The molecule has 0 bridgehead atoms. The molecule has 4 nitrogen and oxygen atoms in total. The summed E-state index contributed by atoms with van der Waals surface area (Å²) in [5.74, 6) is -1.20. The van der Waals surface area contributed by atoms with Crippen LogP contribution in [0, 0.1) is 0 Å². The Balaban J connectivity index is 1.87. The Labute approximate surface area is 165 Å². The molecule has 0 aliphatic heterocycles. The Kier molecular flexibility index (Phi) is 6.58. The molecule has 1 amide bonds. The fourth-order valence-corrected chi connectivity index (χ4v) is 3.23. The van der Waals surface area contributed by atoms with Crippen molar-refractivity contribution in [1.82, 2.24) is 5.32 Å². The summed E-state index contributed by atoms with van der Waals surface area (Å²) in [6.07, 6.45) is 0.371. The lowest BCUT2D eigenvalue weighted by Crippen LogP contribution is -2.45. The third kappa shape index (κ3) is 4.86. The molecule has 0 radical (unpaired) electrons. The molecule has 0 saturated carbocycles. The summed E-state index contributed by atoms with van der Waals surface area (Å²) >= 11 is 0. The van der Waals surface area contributed by atoms with Crippen molar-refractivity contribution in [3.05, 3.63) is 108 Å². The van der Waals surface area contributed by atoms with Crippen LogP contribution in [-0.4, -0.2) is 25.0 Å². The highest BCUT2D eigenvalue weighted by molar-refractivity contribution is 5.91. The first kappa shape index (κ1) is 19.4. The number of hydrogen-bond donors (Lipinski definition) is 1. The lowest BCUT2D eigenvalue weighted by Gasteiger charge is -2.22. The van der Waals surface area contributed by atoms with E-state index in [0.717, 1.165) is 16.7 Å². The Bertz CT molecular complexity index is 855. The van der Waals surface area contributed by atoms with Crippen molar-refractivity contribution < 1.29 is 14.3 Å². The maximum Gasteiger partial charge on any atom is 0.328 e. The second-order valence-electron chi connectivity index (χ2n) is 6.53. The van der Waals surface area contributed by atoms with Crippen molar-refractivity contribution in [3.63, 3.8) is 0 Å². The van der Waals surface area contributed by atoms with Gasteiger partial charge in [0.1, 0.15) is 6.04 Å². The van der Waals surface area contributed by atoms with Gasteiger partial charge < -0.3 is 10.1 Å². The number of amides is 1. The van der Waals surface area contributed by atoms with E-state index in [-0.39, 0.29) is 5.91 Å². The van der Waals surface area contributed by atoms with Crippen molar-refractivity contribution >= 4 is 11.9 Å². The number of esters is 1. The normalized spacial score (nSPS) is 11.6. The summed E-state index contributed by atoms with van der Waals surface area (Å²) in [6, 6.07) is 27.9. The Morgan fingerprint density at radius 2 is 1.25 bits per heavy atom. The SMILES string of the molecule is COC(=O)[C@@H](Cc1ccccc1)NC(=O)C(c1ccccc1)c1ccccc1. The van der Waals surface area contributed by atoms with Gasteiger partial charge in [0.05, 0.1) is 13.0 Å². The van der Waals surface area contributed by atoms with Crippen LogP contribution in [0.2, 0.25) is 0 Å². The van der Waals surface area contributed by atoms with Crippen LogP contribution in [0.5, 0.6) is 0 Å². The van der Waals surface area contributed by atoms with Crippen molar-refractivity contribution in [2.75, 3.05) is 7.11 Å². The van der Waals surface area contributed by atoms with Crippen LogP contribution in [0.3, 0.4) is 0 Å². The fourth-order valence-electron chi connectivity index (χ4n) is 3.23. The van der Waals surface area contributed by atoms with Gasteiger partial charge in [-0.15, -0.1) is 0 Å². The Hall–Kier alpha value is -3.40. The lowest BCUT2D eigenvalue weighted by atomic mass is 9.90. The topological polar surface area (TPSA) is 55.4 Å². The smallest absolute Gasteiger partial charge is 0.328 e. The maximum atomic E-state index is 13.2. The highest BCUT2D eigenvalue weighted by Gasteiger charge is 2.28. The molecule has 0 heterocycles. The molecule has 0 aliphatic rings. The van der Waals surface area contributed by atoms with E-state index in [4.69, 9.17) is 4.74 Å². The highest BCUT2D eigenvalue weighted by atomic mass is 16.5. The minimum Gasteiger partial charge on any atom is -0.467 e. The third-order valence-corrected chi connectivity index (χ3v) is 4.61. The first-order chi connectivity index (χ1) is 13.7. The van der Waals surface area contributed by atoms with Gasteiger partial charge in [-0.2, -0.15) is 0 Å². The van der Waals surface area contributed by atoms with E-state index in [1.807, 2.05) is 91.0 Å². The number of ether oxygens (including phenoxy) is 1. The number of methoxy groups -OCH3 is 1. The van der Waals surface area contributed by atoms with Gasteiger partial charge in [-0.3, -0.25) is 4.79 Å². The molecule has 0 spiro atoms. The average molecular weight is 373 g/mol. The number of hydrogen-bond acceptors (Lipinski definition) is 3. The minimum absolute atomic E-state index is 0.233. The standard InChI is InChI=1S/C24H23NO3/c1-28-24(27)21(17-18-11-5-2-6-12-18)25-23(26)22(19-13-7-3-8-14-19)20-15-9-4-10-16-20/h2-16,21-22H,17H2,1H3,(H,25,26)/t21-/m1/s1. The molecule has 28 heavy (non-hydrogen) atoms. The molecule has 1 atom stereocenters. The first-order valence-electron chi connectivity index (χ1n) is 9.21. The van der Waals surface area contributed by atoms with Crippen LogP contribution >= 0.6 is 0 Å². The first-order valence-corrected chi connectivity index (χ1v) is 9.21. The fraction of sp³-hybridized carbons (Fsp3) is 0.167. The second-order valence-corrected chi connectivity index (χ2v) is 6.53. The van der Waals surface area contributed by atoms with E-state index in [9.17, 15) is 9.59 Å². The van der Waals surface area contributed by atoms with Crippen LogP contribution in [0.1, 0.15) is 22.6 Å². The van der Waals surface area contributed by atoms with Crippen molar-refractivity contribution in [3.8, 4) is 0 Å². The zero-order valence-corrected chi connectivity index (χ0v) is 15.7. The van der Waals surface area contributed by atoms with E-state index in [1.54, 1.807) is 0 Å². The van der Waals surface area contributed by atoms with Gasteiger partial charge in [0.15, 0.2) is 0 Å². The van der Waals surface area contributed by atoms with Gasteiger partial charge in [-0.05, 0) is 16.7 Å². The van der Waals surface area contributed by atoms with Gasteiger partial charge in [-0.25, -0.2) is 4.79 Å². The molecular formula is C24H23NO3. The number of carbonyl (C=O) groups excluding carboxylic acids is 2. The molecule has 3 aromatic rings. The molecule has 3 aromatic carbocycles. The van der Waals surface area contributed by atoms with Crippen molar-refractivity contribution in [1.29, 1.82) is 0 Å². The molecule has 3 rings (SSSR count). The summed E-state index contributed by atoms with van der Waals surface area (Å²) in [5.41, 5.74) is 2.69. The van der Waals surface area contributed by atoms with E-state index in [0.29, 0.717) is 6.42 Å². The van der Waals surface area contributed by atoms with Gasteiger partial charge in [-0.1, -0.05) is 91.0 Å². The molecule has 0 aromatic heterocycles. The van der Waals surface area contributed by atoms with Crippen molar-refractivity contribution in [2.24, 2.45) is 0 Å². The lowest BCUT2D eigenvalue weighted by molar-refractivity contribution is -0.145. The highest BCUT2D eigenvalue weighted by Crippen LogP contribution is 2.25. The number of benzene rings is 3. The van der Waals surface area contributed by atoms with Crippen LogP contribution in [-0.2, 0) is 20.7 Å². The average Bonchev–Trinajstić information content (AvgIpc) is 2.75. The molecule has 4 heteroatoms. The molecule has 0 saturated heterocycles. The van der Waals surface area contributed by atoms with Crippen LogP contribution < -0.4 is 5.32 Å². The predicted octanol–water partition coefficient (Wildman–Crippen LogP) is 3.72. The quantitative estimate of drug-likeness (QED) is 0.642. The summed E-state index contributed by atoms with van der Waals surface area (Å²) < 4.78 is 4.92. The zero-order chi connectivity index (χ0) is 19.8. The number of rotatable bonds is 7. The van der Waals surface area contributed by atoms with E-state index >= 15 is 0 Å². The van der Waals surface area contributed by atoms with Crippen LogP contribution in [0.4, 0.5) is 0 Å².